The number of rotatable bonds is 3. The zero-order chi connectivity index (χ0) is 14.0. The lowest BCUT2D eigenvalue weighted by Crippen LogP contribution is -2.29. The van der Waals surface area contributed by atoms with Gasteiger partial charge in [0.25, 0.3) is 0 Å². The van der Waals surface area contributed by atoms with E-state index in [1.165, 1.54) is 30.3 Å². The average molecular weight is 295 g/mol. The van der Waals surface area contributed by atoms with Gasteiger partial charge in [-0.15, -0.1) is 0 Å². The van der Waals surface area contributed by atoms with E-state index < -0.39 is 7.12 Å². The topological polar surface area (TPSA) is 57.5 Å². The Balaban J connectivity index is 2.36. The van der Waals surface area contributed by atoms with Crippen molar-refractivity contribution in [2.75, 3.05) is 0 Å². The van der Waals surface area contributed by atoms with Crippen LogP contribution in [0.2, 0.25) is 10.0 Å². The second-order valence-electron chi connectivity index (χ2n) is 3.95. The zero-order valence-corrected chi connectivity index (χ0v) is 11.2. The lowest BCUT2D eigenvalue weighted by Gasteiger charge is -2.05. The molecule has 0 radical (unpaired) electrons. The molecule has 0 spiro atoms. The SMILES string of the molecule is O=C(c1ccc(B(O)O)cc1)c1cc(Cl)ccc1Cl. The van der Waals surface area contributed by atoms with Gasteiger partial charge in [0.15, 0.2) is 5.78 Å². The monoisotopic (exact) mass is 294 g/mol. The van der Waals surface area contributed by atoms with Crippen LogP contribution in [0.5, 0.6) is 0 Å². The van der Waals surface area contributed by atoms with Gasteiger partial charge in [-0.25, -0.2) is 0 Å². The van der Waals surface area contributed by atoms with Crippen molar-refractivity contribution < 1.29 is 14.8 Å². The maximum absolute atomic E-state index is 12.2. The number of hydrogen-bond donors (Lipinski definition) is 2. The fourth-order valence-corrected chi connectivity index (χ4v) is 2.01. The lowest BCUT2D eigenvalue weighted by atomic mass is 9.80. The summed E-state index contributed by atoms with van der Waals surface area (Å²) in [6.07, 6.45) is 0. The molecule has 2 aromatic rings. The summed E-state index contributed by atoms with van der Waals surface area (Å²) in [5.41, 5.74) is 1.02. The van der Waals surface area contributed by atoms with Crippen molar-refractivity contribution in [1.82, 2.24) is 0 Å². The maximum atomic E-state index is 12.2. The van der Waals surface area contributed by atoms with E-state index in [4.69, 9.17) is 33.2 Å². The quantitative estimate of drug-likeness (QED) is 0.671. The lowest BCUT2D eigenvalue weighted by molar-refractivity contribution is 0.103. The summed E-state index contributed by atoms with van der Waals surface area (Å²) >= 11 is 11.8. The number of carbonyl (C=O) groups excluding carboxylic acids is 1. The van der Waals surface area contributed by atoms with Gasteiger partial charge in [0, 0.05) is 16.1 Å². The molecular formula is C13H9BCl2O3. The molecule has 0 atom stereocenters. The van der Waals surface area contributed by atoms with Crippen LogP contribution in [0.15, 0.2) is 42.5 Å². The molecule has 0 bridgehead atoms. The molecular weight excluding hydrogens is 286 g/mol. The summed E-state index contributed by atoms with van der Waals surface area (Å²) in [5.74, 6) is -0.272. The minimum absolute atomic E-state index is 0.272. The summed E-state index contributed by atoms with van der Waals surface area (Å²) < 4.78 is 0. The molecule has 2 rings (SSSR count). The predicted octanol–water partition coefficient (Wildman–Crippen LogP) is 1.90. The van der Waals surface area contributed by atoms with Crippen molar-refractivity contribution in [2.24, 2.45) is 0 Å². The van der Waals surface area contributed by atoms with Crippen molar-refractivity contribution >= 4 is 41.6 Å². The third-order valence-corrected chi connectivity index (χ3v) is 3.21. The Kier molecular flexibility index (Phi) is 4.27. The molecule has 19 heavy (non-hydrogen) atoms. The summed E-state index contributed by atoms with van der Waals surface area (Å²) in [6.45, 7) is 0. The highest BCUT2D eigenvalue weighted by Gasteiger charge is 2.15. The van der Waals surface area contributed by atoms with Crippen LogP contribution in [0.4, 0.5) is 0 Å². The Labute approximate surface area is 120 Å². The molecule has 3 nitrogen and oxygen atoms in total. The normalized spacial score (nSPS) is 10.3. The highest BCUT2D eigenvalue weighted by molar-refractivity contribution is 6.58. The molecule has 0 aliphatic heterocycles. The summed E-state index contributed by atoms with van der Waals surface area (Å²) in [5, 5.41) is 18.7. The smallest absolute Gasteiger partial charge is 0.423 e. The van der Waals surface area contributed by atoms with Crippen molar-refractivity contribution in [3.8, 4) is 0 Å². The third kappa shape index (κ3) is 3.17. The molecule has 0 aliphatic rings. The number of carbonyl (C=O) groups is 1. The van der Waals surface area contributed by atoms with Gasteiger partial charge in [0.1, 0.15) is 0 Å². The number of hydrogen-bond acceptors (Lipinski definition) is 3. The molecule has 0 heterocycles. The van der Waals surface area contributed by atoms with Crippen LogP contribution in [-0.4, -0.2) is 22.9 Å². The molecule has 0 amide bonds. The van der Waals surface area contributed by atoms with Gasteiger partial charge in [-0.3, -0.25) is 4.79 Å². The van der Waals surface area contributed by atoms with Gasteiger partial charge >= 0.3 is 7.12 Å². The van der Waals surface area contributed by atoms with E-state index in [2.05, 4.69) is 0 Å². The molecule has 0 fully saturated rings. The second kappa shape index (κ2) is 5.76. The van der Waals surface area contributed by atoms with Crippen LogP contribution in [0, 0.1) is 0 Å². The standard InChI is InChI=1S/C13H9BCl2O3/c15-10-5-6-12(16)11(7-10)13(17)8-1-3-9(4-2-8)14(18)19/h1-7,18-19H. The van der Waals surface area contributed by atoms with Crippen LogP contribution < -0.4 is 5.46 Å². The minimum atomic E-state index is -1.56. The fraction of sp³-hybridized carbons (Fsp3) is 0. The van der Waals surface area contributed by atoms with Crippen molar-refractivity contribution in [3.05, 3.63) is 63.6 Å². The Hall–Kier alpha value is -1.33. The Bertz CT molecular complexity index is 612. The molecule has 0 saturated carbocycles. The van der Waals surface area contributed by atoms with E-state index in [1.807, 2.05) is 0 Å². The van der Waals surface area contributed by atoms with Gasteiger partial charge in [0.05, 0.1) is 5.02 Å². The predicted molar refractivity (Wildman–Crippen MR) is 76.2 cm³/mol. The van der Waals surface area contributed by atoms with Crippen LogP contribution >= 0.6 is 23.2 Å². The highest BCUT2D eigenvalue weighted by Crippen LogP contribution is 2.23. The first-order chi connectivity index (χ1) is 8.99. The van der Waals surface area contributed by atoms with Gasteiger partial charge in [-0.05, 0) is 23.7 Å². The molecule has 96 valence electrons. The van der Waals surface area contributed by atoms with Crippen LogP contribution in [0.1, 0.15) is 15.9 Å². The van der Waals surface area contributed by atoms with E-state index in [0.29, 0.717) is 26.6 Å². The molecule has 0 unspecified atom stereocenters. The number of benzene rings is 2. The van der Waals surface area contributed by atoms with Gasteiger partial charge in [-0.1, -0.05) is 47.5 Å². The van der Waals surface area contributed by atoms with Crippen molar-refractivity contribution in [2.45, 2.75) is 0 Å². The molecule has 0 aromatic heterocycles. The van der Waals surface area contributed by atoms with E-state index in [9.17, 15) is 4.79 Å². The molecule has 2 N–H and O–H groups in total. The summed E-state index contributed by atoms with van der Waals surface area (Å²) in [4.78, 5) is 12.2. The third-order valence-electron chi connectivity index (χ3n) is 2.64. The van der Waals surface area contributed by atoms with Crippen LogP contribution in [0.3, 0.4) is 0 Å². The Morgan fingerprint density at radius 2 is 1.63 bits per heavy atom. The maximum Gasteiger partial charge on any atom is 0.488 e. The van der Waals surface area contributed by atoms with E-state index >= 15 is 0 Å². The Morgan fingerprint density at radius 1 is 1.00 bits per heavy atom. The summed E-state index contributed by atoms with van der Waals surface area (Å²) in [6, 6.07) is 10.6. The van der Waals surface area contributed by atoms with Crippen molar-refractivity contribution in [1.29, 1.82) is 0 Å². The second-order valence-corrected chi connectivity index (χ2v) is 4.79. The van der Waals surface area contributed by atoms with E-state index in [0.717, 1.165) is 0 Å². The fourth-order valence-electron chi connectivity index (χ4n) is 1.63. The van der Waals surface area contributed by atoms with Crippen LogP contribution in [-0.2, 0) is 0 Å². The summed E-state index contributed by atoms with van der Waals surface area (Å²) in [7, 11) is -1.56. The minimum Gasteiger partial charge on any atom is -0.423 e. The highest BCUT2D eigenvalue weighted by atomic mass is 35.5. The zero-order valence-electron chi connectivity index (χ0n) is 9.68. The molecule has 0 aliphatic carbocycles. The molecule has 0 saturated heterocycles. The molecule has 6 heteroatoms. The first-order valence-electron chi connectivity index (χ1n) is 5.45. The Morgan fingerprint density at radius 3 is 2.21 bits per heavy atom. The number of ketones is 1. The first kappa shape index (κ1) is 14.1. The molecule has 2 aromatic carbocycles. The van der Waals surface area contributed by atoms with E-state index in [1.54, 1.807) is 12.1 Å². The first-order valence-corrected chi connectivity index (χ1v) is 6.20. The largest absolute Gasteiger partial charge is 0.488 e. The average Bonchev–Trinajstić information content (AvgIpc) is 2.41. The van der Waals surface area contributed by atoms with Gasteiger partial charge in [0.2, 0.25) is 0 Å². The van der Waals surface area contributed by atoms with Crippen molar-refractivity contribution in [3.63, 3.8) is 0 Å². The number of halogens is 2. The van der Waals surface area contributed by atoms with E-state index in [-0.39, 0.29) is 5.78 Å². The van der Waals surface area contributed by atoms with Gasteiger partial charge < -0.3 is 10.0 Å². The van der Waals surface area contributed by atoms with Crippen LogP contribution in [0.25, 0.3) is 0 Å². The van der Waals surface area contributed by atoms with Gasteiger partial charge in [-0.2, -0.15) is 0 Å².